The first-order chi connectivity index (χ1) is 11.2. The molecule has 0 aliphatic rings. The number of hydrogen-bond acceptors (Lipinski definition) is 5. The zero-order chi connectivity index (χ0) is 17.7. The molecule has 0 aromatic heterocycles. The highest BCUT2D eigenvalue weighted by Gasteiger charge is 2.21. The Morgan fingerprint density at radius 3 is 2.25 bits per heavy atom. The molecule has 0 saturated heterocycles. The highest BCUT2D eigenvalue weighted by molar-refractivity contribution is 8.54. The van der Waals surface area contributed by atoms with E-state index in [4.69, 9.17) is 9.79 Å². The number of aryl methyl sites for hydroxylation is 1. The third kappa shape index (κ3) is 5.85. The van der Waals surface area contributed by atoms with E-state index in [1.54, 1.807) is 24.3 Å². The van der Waals surface area contributed by atoms with Crippen LogP contribution in [0.1, 0.15) is 30.1 Å². The molecule has 0 spiro atoms. The predicted octanol–water partition coefficient (Wildman–Crippen LogP) is 3.34. The summed E-state index contributed by atoms with van der Waals surface area (Å²) >= 11 is 0.320. The fourth-order valence-electron chi connectivity index (χ4n) is 2.32. The van der Waals surface area contributed by atoms with Crippen LogP contribution in [-0.2, 0) is 11.0 Å². The first-order valence-corrected chi connectivity index (χ1v) is 10.3. The van der Waals surface area contributed by atoms with E-state index in [0.717, 1.165) is 5.56 Å². The van der Waals surface area contributed by atoms with Crippen molar-refractivity contribution in [2.24, 2.45) is 0 Å². The van der Waals surface area contributed by atoms with Gasteiger partial charge < -0.3 is 25.1 Å². The molecule has 0 aliphatic heterocycles. The van der Waals surface area contributed by atoms with Crippen LogP contribution < -0.4 is 0 Å². The van der Waals surface area contributed by atoms with Crippen LogP contribution in [0.25, 0.3) is 0 Å². The van der Waals surface area contributed by atoms with Gasteiger partial charge in [-0.3, -0.25) is 0 Å². The van der Waals surface area contributed by atoms with Gasteiger partial charge in [-0.1, -0.05) is 18.2 Å². The lowest BCUT2D eigenvalue weighted by atomic mass is 10.0. The number of phenolic OH excluding ortho intramolecular Hbond substituents is 2. The monoisotopic (exact) mass is 370 g/mol. The van der Waals surface area contributed by atoms with Crippen molar-refractivity contribution < 1.29 is 29.7 Å². The summed E-state index contributed by atoms with van der Waals surface area (Å²) in [7, 11) is 0. The van der Waals surface area contributed by atoms with Crippen molar-refractivity contribution in [1.82, 2.24) is 0 Å². The molecular formula is C16H19O6PS. The number of phenols is 2. The van der Waals surface area contributed by atoms with Gasteiger partial charge in [-0.2, -0.15) is 0 Å². The molecule has 0 heterocycles. The molecule has 0 aliphatic carbocycles. The van der Waals surface area contributed by atoms with Gasteiger partial charge in [0.05, 0.1) is 6.10 Å². The minimum atomic E-state index is -4.38. The number of benzene rings is 2. The smallest absolute Gasteiger partial charge is 0.388 e. The second-order valence-electron chi connectivity index (χ2n) is 5.38. The van der Waals surface area contributed by atoms with Gasteiger partial charge in [0.25, 0.3) is 0 Å². The summed E-state index contributed by atoms with van der Waals surface area (Å²) in [6.45, 7) is -4.38. The van der Waals surface area contributed by atoms with Crippen LogP contribution >= 0.6 is 18.2 Å². The third-order valence-electron chi connectivity index (χ3n) is 3.45. The van der Waals surface area contributed by atoms with E-state index in [0.29, 0.717) is 36.2 Å². The summed E-state index contributed by atoms with van der Waals surface area (Å²) in [6.07, 6.45) is 0.876. The molecule has 1 atom stereocenters. The lowest BCUT2D eigenvalue weighted by Gasteiger charge is -2.16. The van der Waals surface area contributed by atoms with Crippen molar-refractivity contribution >= 4 is 18.2 Å². The molecule has 5 N–H and O–H groups in total. The van der Waals surface area contributed by atoms with Gasteiger partial charge in [0.1, 0.15) is 11.5 Å². The van der Waals surface area contributed by atoms with Crippen LogP contribution in [0, 0.1) is 0 Å². The molecule has 130 valence electrons. The first kappa shape index (κ1) is 18.8. The van der Waals surface area contributed by atoms with E-state index in [1.807, 2.05) is 0 Å². The maximum Gasteiger partial charge on any atom is 0.388 e. The molecule has 0 amide bonds. The van der Waals surface area contributed by atoms with Gasteiger partial charge >= 0.3 is 6.80 Å². The molecule has 6 nitrogen and oxygen atoms in total. The maximum atomic E-state index is 11.2. The fourth-order valence-corrected chi connectivity index (χ4v) is 4.31. The Balaban J connectivity index is 2.02. The Labute approximate surface area is 143 Å². The summed E-state index contributed by atoms with van der Waals surface area (Å²) in [5, 5.41) is 29.1. The van der Waals surface area contributed by atoms with Gasteiger partial charge in [-0.25, -0.2) is 4.57 Å². The Kier molecular flexibility index (Phi) is 6.32. The summed E-state index contributed by atoms with van der Waals surface area (Å²) in [4.78, 5) is 18.4. The lowest BCUT2D eigenvalue weighted by Crippen LogP contribution is -2.00. The zero-order valence-electron chi connectivity index (χ0n) is 12.7. The number of aliphatic hydroxyl groups excluding tert-OH is 1. The Bertz CT molecular complexity index is 728. The first-order valence-electron chi connectivity index (χ1n) is 7.28. The van der Waals surface area contributed by atoms with E-state index < -0.39 is 12.9 Å². The Morgan fingerprint density at radius 2 is 1.62 bits per heavy atom. The molecular weight excluding hydrogens is 351 g/mol. The standard InChI is InChI=1S/C16H19O6PS/c17-12-6-4-11(5-7-12)2-1-3-15(19)14-9-8-13(18)10-16(14)24-23(20,21)22/h4-10,15,17-19H,1-3H2,(H2,20,21,22). The second-order valence-corrected chi connectivity index (χ2v) is 8.96. The molecule has 2 aromatic carbocycles. The van der Waals surface area contributed by atoms with Crippen molar-refractivity contribution in [3.63, 3.8) is 0 Å². The summed E-state index contributed by atoms with van der Waals surface area (Å²) in [5.74, 6) is 0.0768. The van der Waals surface area contributed by atoms with Gasteiger partial charge in [-0.15, -0.1) is 0 Å². The fraction of sp³-hybridized carbons (Fsp3) is 0.250. The van der Waals surface area contributed by atoms with Crippen LogP contribution in [0.2, 0.25) is 0 Å². The van der Waals surface area contributed by atoms with Crippen LogP contribution in [0.15, 0.2) is 47.4 Å². The van der Waals surface area contributed by atoms with Crippen molar-refractivity contribution in [3.05, 3.63) is 53.6 Å². The summed E-state index contributed by atoms with van der Waals surface area (Å²) in [6, 6.07) is 10.9. The number of hydrogen-bond donors (Lipinski definition) is 5. The molecule has 8 heteroatoms. The van der Waals surface area contributed by atoms with E-state index in [2.05, 4.69) is 0 Å². The number of aromatic hydroxyl groups is 2. The maximum absolute atomic E-state index is 11.2. The summed E-state index contributed by atoms with van der Waals surface area (Å²) < 4.78 is 11.2. The average molecular weight is 370 g/mol. The van der Waals surface area contributed by atoms with Crippen molar-refractivity contribution in [1.29, 1.82) is 0 Å². The third-order valence-corrected chi connectivity index (χ3v) is 5.54. The Hall–Kier alpha value is -1.50. The topological polar surface area (TPSA) is 118 Å². The van der Waals surface area contributed by atoms with E-state index in [-0.39, 0.29) is 16.4 Å². The molecule has 0 radical (unpaired) electrons. The van der Waals surface area contributed by atoms with Gasteiger partial charge in [0.2, 0.25) is 0 Å². The van der Waals surface area contributed by atoms with Crippen LogP contribution in [-0.4, -0.2) is 25.1 Å². The highest BCUT2D eigenvalue weighted by atomic mass is 32.7. The number of rotatable bonds is 7. The largest absolute Gasteiger partial charge is 0.508 e. The van der Waals surface area contributed by atoms with E-state index in [1.165, 1.54) is 18.2 Å². The van der Waals surface area contributed by atoms with Crippen LogP contribution in [0.4, 0.5) is 0 Å². The SMILES string of the molecule is O=P(O)(O)Sc1cc(O)ccc1C(O)CCCc1ccc(O)cc1. The minimum absolute atomic E-state index is 0.119. The van der Waals surface area contributed by atoms with Gasteiger partial charge in [0, 0.05) is 4.90 Å². The molecule has 0 saturated carbocycles. The number of aliphatic hydroxyl groups is 1. The normalized spacial score (nSPS) is 13.0. The van der Waals surface area contributed by atoms with Crippen LogP contribution in [0.5, 0.6) is 11.5 Å². The zero-order valence-corrected chi connectivity index (χ0v) is 14.5. The minimum Gasteiger partial charge on any atom is -0.508 e. The molecule has 1 unspecified atom stereocenters. The average Bonchev–Trinajstić information content (AvgIpc) is 2.47. The lowest BCUT2D eigenvalue weighted by molar-refractivity contribution is 0.162. The Morgan fingerprint density at radius 1 is 1.00 bits per heavy atom. The highest BCUT2D eigenvalue weighted by Crippen LogP contribution is 2.56. The predicted molar refractivity (Wildman–Crippen MR) is 92.0 cm³/mol. The molecule has 24 heavy (non-hydrogen) atoms. The second kappa shape index (κ2) is 8.05. The van der Waals surface area contributed by atoms with Gasteiger partial charge in [-0.05, 0) is 66.0 Å². The van der Waals surface area contributed by atoms with E-state index in [9.17, 15) is 19.9 Å². The molecule has 2 aromatic rings. The van der Waals surface area contributed by atoms with Crippen molar-refractivity contribution in [2.45, 2.75) is 30.3 Å². The van der Waals surface area contributed by atoms with Crippen molar-refractivity contribution in [3.8, 4) is 11.5 Å². The van der Waals surface area contributed by atoms with E-state index >= 15 is 0 Å². The quantitative estimate of drug-likeness (QED) is 0.474. The van der Waals surface area contributed by atoms with Crippen LogP contribution in [0.3, 0.4) is 0 Å². The summed E-state index contributed by atoms with van der Waals surface area (Å²) in [5.41, 5.74) is 1.40. The molecule has 0 fully saturated rings. The van der Waals surface area contributed by atoms with Crippen molar-refractivity contribution in [2.75, 3.05) is 0 Å². The van der Waals surface area contributed by atoms with Gasteiger partial charge in [0.15, 0.2) is 0 Å². The molecule has 2 rings (SSSR count). The molecule has 0 bridgehead atoms.